The molecule has 1 heterocycles. The summed E-state index contributed by atoms with van der Waals surface area (Å²) in [5.74, 6) is 0.526. The first kappa shape index (κ1) is 14.9. The van der Waals surface area contributed by atoms with Crippen molar-refractivity contribution in [2.24, 2.45) is 0 Å². The minimum atomic E-state index is -0.0994. The van der Waals surface area contributed by atoms with E-state index >= 15 is 0 Å². The molecule has 1 saturated heterocycles. The first-order chi connectivity index (χ1) is 9.20. The molecule has 19 heavy (non-hydrogen) atoms. The average Bonchev–Trinajstić information content (AvgIpc) is 2.42. The maximum absolute atomic E-state index is 9.07. The first-order valence-electron chi connectivity index (χ1n) is 6.22. The van der Waals surface area contributed by atoms with Crippen molar-refractivity contribution in [3.63, 3.8) is 0 Å². The van der Waals surface area contributed by atoms with Gasteiger partial charge in [0, 0.05) is 19.6 Å². The predicted octanol–water partition coefficient (Wildman–Crippen LogP) is 2.07. The van der Waals surface area contributed by atoms with Gasteiger partial charge in [0.2, 0.25) is 0 Å². The smallest absolute Gasteiger partial charge is 0.156 e. The quantitative estimate of drug-likeness (QED) is 0.904. The molecule has 106 valence electrons. The summed E-state index contributed by atoms with van der Waals surface area (Å²) in [4.78, 5) is 2.19. The molecule has 0 saturated carbocycles. The van der Waals surface area contributed by atoms with E-state index in [1.165, 1.54) is 0 Å². The molecule has 1 fully saturated rings. The molecule has 1 unspecified atom stereocenters. The van der Waals surface area contributed by atoms with Crippen molar-refractivity contribution >= 4 is 23.2 Å². The lowest BCUT2D eigenvalue weighted by Gasteiger charge is -2.31. The molecule has 1 atom stereocenters. The molecular formula is C13H17Cl2NO3. The fraction of sp³-hybridized carbons (Fsp3) is 0.538. The molecule has 0 aliphatic carbocycles. The highest BCUT2D eigenvalue weighted by atomic mass is 35.5. The minimum absolute atomic E-state index is 0.0493. The Balaban J connectivity index is 1.80. The van der Waals surface area contributed by atoms with Gasteiger partial charge in [0.1, 0.15) is 6.61 Å². The second-order valence-electron chi connectivity index (χ2n) is 4.38. The zero-order valence-corrected chi connectivity index (χ0v) is 12.0. The Morgan fingerprint density at radius 1 is 1.37 bits per heavy atom. The molecule has 0 aromatic heterocycles. The van der Waals surface area contributed by atoms with Crippen LogP contribution in [0.25, 0.3) is 0 Å². The van der Waals surface area contributed by atoms with Crippen LogP contribution in [0.1, 0.15) is 0 Å². The maximum atomic E-state index is 9.07. The van der Waals surface area contributed by atoms with Crippen LogP contribution in [0.2, 0.25) is 10.0 Å². The molecule has 6 heteroatoms. The SMILES string of the molecule is OCC1CN(CCOc2c(Cl)cccc2Cl)CCO1. The summed E-state index contributed by atoms with van der Waals surface area (Å²) in [7, 11) is 0. The van der Waals surface area contributed by atoms with Crippen molar-refractivity contribution in [3.05, 3.63) is 28.2 Å². The number of aliphatic hydroxyl groups excluding tert-OH is 1. The standard InChI is InChI=1S/C13H17Cl2NO3/c14-11-2-1-3-12(15)13(11)19-7-5-16-4-6-18-10(8-16)9-17/h1-3,10,17H,4-9H2. The van der Waals surface area contributed by atoms with Gasteiger partial charge in [0.05, 0.1) is 29.4 Å². The molecule has 2 rings (SSSR count). The number of halogens is 2. The first-order valence-corrected chi connectivity index (χ1v) is 6.98. The van der Waals surface area contributed by atoms with Gasteiger partial charge in [-0.05, 0) is 12.1 Å². The molecule has 0 amide bonds. The third-order valence-corrected chi connectivity index (χ3v) is 3.59. The molecule has 0 bridgehead atoms. The molecule has 1 N–H and O–H groups in total. The van der Waals surface area contributed by atoms with E-state index in [0.29, 0.717) is 29.0 Å². The molecule has 4 nitrogen and oxygen atoms in total. The van der Waals surface area contributed by atoms with Crippen LogP contribution >= 0.6 is 23.2 Å². The number of nitrogens with zero attached hydrogens (tertiary/aromatic N) is 1. The highest BCUT2D eigenvalue weighted by Crippen LogP contribution is 2.32. The molecule has 0 radical (unpaired) electrons. The van der Waals surface area contributed by atoms with E-state index in [1.807, 2.05) is 0 Å². The third kappa shape index (κ3) is 4.23. The van der Waals surface area contributed by atoms with Crippen molar-refractivity contribution in [3.8, 4) is 5.75 Å². The van der Waals surface area contributed by atoms with E-state index < -0.39 is 0 Å². The van der Waals surface area contributed by atoms with Crippen LogP contribution in [0.5, 0.6) is 5.75 Å². The fourth-order valence-corrected chi connectivity index (χ4v) is 2.50. The largest absolute Gasteiger partial charge is 0.489 e. The van der Waals surface area contributed by atoms with E-state index in [9.17, 15) is 0 Å². The van der Waals surface area contributed by atoms with Gasteiger partial charge in [-0.2, -0.15) is 0 Å². The van der Waals surface area contributed by atoms with Crippen LogP contribution in [0.4, 0.5) is 0 Å². The van der Waals surface area contributed by atoms with Gasteiger partial charge < -0.3 is 14.6 Å². The Bertz CT molecular complexity index is 397. The number of morpholine rings is 1. The Morgan fingerprint density at radius 2 is 2.11 bits per heavy atom. The number of hydrogen-bond donors (Lipinski definition) is 1. The van der Waals surface area contributed by atoms with Gasteiger partial charge in [-0.15, -0.1) is 0 Å². The third-order valence-electron chi connectivity index (χ3n) is 3.00. The maximum Gasteiger partial charge on any atom is 0.156 e. The Kier molecular flexibility index (Phi) is 5.73. The second-order valence-corrected chi connectivity index (χ2v) is 5.19. The molecule has 0 spiro atoms. The van der Waals surface area contributed by atoms with E-state index in [2.05, 4.69) is 4.90 Å². The van der Waals surface area contributed by atoms with Gasteiger partial charge >= 0.3 is 0 Å². The zero-order chi connectivity index (χ0) is 13.7. The van der Waals surface area contributed by atoms with Crippen LogP contribution < -0.4 is 4.74 Å². The lowest BCUT2D eigenvalue weighted by atomic mass is 10.3. The van der Waals surface area contributed by atoms with Gasteiger partial charge in [0.25, 0.3) is 0 Å². The number of hydrogen-bond acceptors (Lipinski definition) is 4. The van der Waals surface area contributed by atoms with Crippen LogP contribution in [0.15, 0.2) is 18.2 Å². The summed E-state index contributed by atoms with van der Waals surface area (Å²) in [6.45, 7) is 3.50. The summed E-state index contributed by atoms with van der Waals surface area (Å²) < 4.78 is 11.0. The number of benzene rings is 1. The lowest BCUT2D eigenvalue weighted by molar-refractivity contribution is -0.0547. The molecule has 1 aliphatic heterocycles. The van der Waals surface area contributed by atoms with Gasteiger partial charge in [-0.3, -0.25) is 4.90 Å². The Labute approximate surface area is 122 Å². The van der Waals surface area contributed by atoms with Crippen LogP contribution in [-0.2, 0) is 4.74 Å². The predicted molar refractivity (Wildman–Crippen MR) is 75.2 cm³/mol. The number of aliphatic hydroxyl groups is 1. The van der Waals surface area contributed by atoms with Gasteiger partial charge in [-0.1, -0.05) is 29.3 Å². The summed E-state index contributed by atoms with van der Waals surface area (Å²) >= 11 is 12.0. The number of rotatable bonds is 5. The lowest BCUT2D eigenvalue weighted by Crippen LogP contribution is -2.45. The number of para-hydroxylation sites is 1. The highest BCUT2D eigenvalue weighted by molar-refractivity contribution is 6.37. The monoisotopic (exact) mass is 305 g/mol. The Hall–Kier alpha value is -0.520. The van der Waals surface area contributed by atoms with E-state index in [4.69, 9.17) is 37.8 Å². The van der Waals surface area contributed by atoms with Crippen molar-refractivity contribution in [2.75, 3.05) is 39.5 Å². The van der Waals surface area contributed by atoms with Crippen molar-refractivity contribution in [1.82, 2.24) is 4.90 Å². The summed E-state index contributed by atoms with van der Waals surface area (Å²) in [6.07, 6.45) is -0.0994. The van der Waals surface area contributed by atoms with Crippen LogP contribution in [0, 0.1) is 0 Å². The van der Waals surface area contributed by atoms with Crippen molar-refractivity contribution in [2.45, 2.75) is 6.10 Å². The molecule has 1 aliphatic rings. The highest BCUT2D eigenvalue weighted by Gasteiger charge is 2.19. The summed E-state index contributed by atoms with van der Waals surface area (Å²) in [5.41, 5.74) is 0. The second kappa shape index (κ2) is 7.31. The van der Waals surface area contributed by atoms with E-state index in [1.54, 1.807) is 18.2 Å². The zero-order valence-electron chi connectivity index (χ0n) is 10.5. The molecule has 1 aromatic rings. The molecular weight excluding hydrogens is 289 g/mol. The molecule has 1 aromatic carbocycles. The van der Waals surface area contributed by atoms with E-state index in [-0.39, 0.29) is 12.7 Å². The van der Waals surface area contributed by atoms with Crippen molar-refractivity contribution in [1.29, 1.82) is 0 Å². The minimum Gasteiger partial charge on any atom is -0.489 e. The normalized spacial score (nSPS) is 20.5. The van der Waals surface area contributed by atoms with Crippen LogP contribution in [0.3, 0.4) is 0 Å². The Morgan fingerprint density at radius 3 is 2.79 bits per heavy atom. The van der Waals surface area contributed by atoms with E-state index in [0.717, 1.165) is 19.6 Å². The van der Waals surface area contributed by atoms with Crippen LogP contribution in [-0.4, -0.2) is 55.6 Å². The number of ether oxygens (including phenoxy) is 2. The van der Waals surface area contributed by atoms with Gasteiger partial charge in [-0.25, -0.2) is 0 Å². The summed E-state index contributed by atoms with van der Waals surface area (Å²) in [5, 5.41) is 10.1. The average molecular weight is 306 g/mol. The topological polar surface area (TPSA) is 41.9 Å². The summed E-state index contributed by atoms with van der Waals surface area (Å²) in [6, 6.07) is 5.28. The van der Waals surface area contributed by atoms with Gasteiger partial charge in [0.15, 0.2) is 5.75 Å². The fourth-order valence-electron chi connectivity index (χ4n) is 1.99. The van der Waals surface area contributed by atoms with Crippen molar-refractivity contribution < 1.29 is 14.6 Å².